The van der Waals surface area contributed by atoms with Gasteiger partial charge in [0.2, 0.25) is 5.91 Å². The monoisotopic (exact) mass is 329 g/mol. The van der Waals surface area contributed by atoms with E-state index in [1.807, 2.05) is 0 Å². The fourth-order valence-electron chi connectivity index (χ4n) is 2.82. The Labute approximate surface area is 138 Å². The van der Waals surface area contributed by atoms with Crippen molar-refractivity contribution in [1.29, 1.82) is 0 Å². The van der Waals surface area contributed by atoms with Crippen LogP contribution in [0.3, 0.4) is 0 Å². The van der Waals surface area contributed by atoms with E-state index in [0.29, 0.717) is 18.7 Å². The molecule has 0 unspecified atom stereocenters. The molecule has 0 N–H and O–H groups in total. The number of anilines is 2. The molecule has 0 radical (unpaired) electrons. The highest BCUT2D eigenvalue weighted by Gasteiger charge is 2.27. The minimum absolute atomic E-state index is 0.0275. The molecule has 2 aromatic rings. The van der Waals surface area contributed by atoms with Crippen LogP contribution in [0, 0.1) is 15.9 Å². The van der Waals surface area contributed by atoms with Crippen molar-refractivity contribution < 1.29 is 14.1 Å². The van der Waals surface area contributed by atoms with Crippen LogP contribution < -0.4 is 9.80 Å². The van der Waals surface area contributed by atoms with Crippen molar-refractivity contribution in [2.24, 2.45) is 0 Å². The molecule has 0 aromatic heterocycles. The topological polar surface area (TPSA) is 66.7 Å². The van der Waals surface area contributed by atoms with Crippen LogP contribution in [0.5, 0.6) is 0 Å². The number of nitrogens with zero attached hydrogens (tertiary/aromatic N) is 3. The van der Waals surface area contributed by atoms with Crippen molar-refractivity contribution >= 4 is 23.0 Å². The predicted octanol–water partition coefficient (Wildman–Crippen LogP) is 2.76. The lowest BCUT2D eigenvalue weighted by atomic mass is 10.1. The van der Waals surface area contributed by atoms with E-state index in [9.17, 15) is 19.3 Å². The Morgan fingerprint density at radius 3 is 2.67 bits per heavy atom. The second-order valence-corrected chi connectivity index (χ2v) is 5.70. The van der Waals surface area contributed by atoms with E-state index in [1.54, 1.807) is 35.0 Å². The first-order valence-corrected chi connectivity index (χ1v) is 7.50. The smallest absolute Gasteiger partial charge is 0.271 e. The number of nitro benzene ring substituents is 1. The summed E-state index contributed by atoms with van der Waals surface area (Å²) in [6.45, 7) is 0.611. The molecule has 7 heteroatoms. The minimum atomic E-state index is -0.466. The van der Waals surface area contributed by atoms with Crippen molar-refractivity contribution in [1.82, 2.24) is 0 Å². The van der Waals surface area contributed by atoms with Gasteiger partial charge >= 0.3 is 0 Å². The summed E-state index contributed by atoms with van der Waals surface area (Å²) in [6.07, 6.45) is 0.680. The van der Waals surface area contributed by atoms with E-state index in [1.165, 1.54) is 24.3 Å². The Balaban J connectivity index is 1.76. The number of carbonyl (C=O) groups excluding carboxylic acids is 1. The first-order chi connectivity index (χ1) is 11.5. The number of halogens is 1. The number of fused-ring (bicyclic) bond motifs is 1. The molecule has 0 spiro atoms. The number of rotatable bonds is 4. The Kier molecular flexibility index (Phi) is 4.16. The summed E-state index contributed by atoms with van der Waals surface area (Å²) in [5, 5.41) is 10.9. The molecule has 0 fully saturated rings. The SMILES string of the molecule is CN(CC(=O)N1CCc2ccc([N+](=O)[O-])cc21)c1ccc(F)cc1. The standard InChI is InChI=1S/C17H16FN3O3/c1-19(14-6-3-13(18)4-7-14)11-17(22)20-9-8-12-2-5-15(21(23)24)10-16(12)20/h2-7,10H,8-9,11H2,1H3. The zero-order valence-corrected chi connectivity index (χ0v) is 13.1. The van der Waals surface area contributed by atoms with E-state index in [0.717, 1.165) is 11.3 Å². The van der Waals surface area contributed by atoms with E-state index >= 15 is 0 Å². The van der Waals surface area contributed by atoms with Crippen LogP contribution in [0.2, 0.25) is 0 Å². The maximum absolute atomic E-state index is 13.0. The highest BCUT2D eigenvalue weighted by molar-refractivity contribution is 5.98. The summed E-state index contributed by atoms with van der Waals surface area (Å²) < 4.78 is 13.0. The Morgan fingerprint density at radius 2 is 2.00 bits per heavy atom. The van der Waals surface area contributed by atoms with Gasteiger partial charge in [0.1, 0.15) is 5.82 Å². The van der Waals surface area contributed by atoms with Gasteiger partial charge in [-0.2, -0.15) is 0 Å². The molecule has 3 rings (SSSR count). The van der Waals surface area contributed by atoms with E-state index < -0.39 is 4.92 Å². The maximum Gasteiger partial charge on any atom is 0.271 e. The Morgan fingerprint density at radius 1 is 1.29 bits per heavy atom. The largest absolute Gasteiger partial charge is 0.365 e. The van der Waals surface area contributed by atoms with E-state index in [2.05, 4.69) is 0 Å². The van der Waals surface area contributed by atoms with Gasteiger partial charge in [0, 0.05) is 31.4 Å². The number of carbonyl (C=O) groups is 1. The number of hydrogen-bond acceptors (Lipinski definition) is 4. The van der Waals surface area contributed by atoms with E-state index in [-0.39, 0.29) is 24.0 Å². The molecule has 2 aromatic carbocycles. The fourth-order valence-corrected chi connectivity index (χ4v) is 2.82. The third kappa shape index (κ3) is 3.05. The van der Waals surface area contributed by atoms with Gasteiger partial charge in [0.05, 0.1) is 17.2 Å². The summed E-state index contributed by atoms with van der Waals surface area (Å²) in [6, 6.07) is 10.5. The Bertz CT molecular complexity index is 792. The van der Waals surface area contributed by atoms with Gasteiger partial charge in [-0.05, 0) is 36.2 Å². The van der Waals surface area contributed by atoms with Gasteiger partial charge in [-0.15, -0.1) is 0 Å². The summed E-state index contributed by atoms with van der Waals surface area (Å²) in [7, 11) is 1.75. The second-order valence-electron chi connectivity index (χ2n) is 5.70. The number of hydrogen-bond donors (Lipinski definition) is 0. The molecule has 1 aliphatic rings. The van der Waals surface area contributed by atoms with Crippen molar-refractivity contribution in [2.75, 3.05) is 29.9 Å². The van der Waals surface area contributed by atoms with Crippen LogP contribution in [0.15, 0.2) is 42.5 Å². The number of benzene rings is 2. The zero-order valence-electron chi connectivity index (χ0n) is 13.1. The van der Waals surface area contributed by atoms with Gasteiger partial charge in [0.25, 0.3) is 5.69 Å². The first-order valence-electron chi connectivity index (χ1n) is 7.50. The van der Waals surface area contributed by atoms with Gasteiger partial charge < -0.3 is 9.80 Å². The first kappa shape index (κ1) is 15.9. The van der Waals surface area contributed by atoms with Crippen molar-refractivity contribution in [2.45, 2.75) is 6.42 Å². The summed E-state index contributed by atoms with van der Waals surface area (Å²) in [4.78, 5) is 26.3. The number of non-ortho nitro benzene ring substituents is 1. The van der Waals surface area contributed by atoms with Crippen molar-refractivity contribution in [3.8, 4) is 0 Å². The number of amides is 1. The maximum atomic E-state index is 13.0. The van der Waals surface area contributed by atoms with Crippen molar-refractivity contribution in [3.05, 3.63) is 64.0 Å². The number of nitro groups is 1. The second kappa shape index (κ2) is 6.27. The molecule has 0 aliphatic carbocycles. The molecule has 6 nitrogen and oxygen atoms in total. The van der Waals surface area contributed by atoms with Gasteiger partial charge in [-0.25, -0.2) is 4.39 Å². The lowest BCUT2D eigenvalue weighted by Gasteiger charge is -2.23. The van der Waals surface area contributed by atoms with Crippen LogP contribution in [0.4, 0.5) is 21.5 Å². The van der Waals surface area contributed by atoms with E-state index in [4.69, 9.17) is 0 Å². The summed E-state index contributed by atoms with van der Waals surface area (Å²) >= 11 is 0. The molecule has 0 bridgehead atoms. The predicted molar refractivity (Wildman–Crippen MR) is 88.8 cm³/mol. The highest BCUT2D eigenvalue weighted by atomic mass is 19.1. The quantitative estimate of drug-likeness (QED) is 0.639. The molecular formula is C17H16FN3O3. The highest BCUT2D eigenvalue weighted by Crippen LogP contribution is 2.31. The summed E-state index contributed by atoms with van der Waals surface area (Å²) in [5.41, 5.74) is 2.23. The molecule has 124 valence electrons. The number of likely N-dealkylation sites (N-methyl/N-ethyl adjacent to an activating group) is 1. The van der Waals surface area contributed by atoms with Gasteiger partial charge in [-0.3, -0.25) is 14.9 Å². The molecule has 1 amide bonds. The Hall–Kier alpha value is -2.96. The lowest BCUT2D eigenvalue weighted by molar-refractivity contribution is -0.384. The van der Waals surface area contributed by atoms with Crippen LogP contribution in [-0.4, -0.2) is 31.0 Å². The van der Waals surface area contributed by atoms with Crippen LogP contribution in [-0.2, 0) is 11.2 Å². The molecule has 24 heavy (non-hydrogen) atoms. The summed E-state index contributed by atoms with van der Waals surface area (Å²) in [5.74, 6) is -0.486. The average molecular weight is 329 g/mol. The van der Waals surface area contributed by atoms with Crippen molar-refractivity contribution in [3.63, 3.8) is 0 Å². The molecular weight excluding hydrogens is 313 g/mol. The molecule has 0 saturated heterocycles. The lowest BCUT2D eigenvalue weighted by Crippen LogP contribution is -2.38. The average Bonchev–Trinajstić information content (AvgIpc) is 2.98. The van der Waals surface area contributed by atoms with Crippen LogP contribution >= 0.6 is 0 Å². The zero-order chi connectivity index (χ0) is 17.3. The third-order valence-corrected chi connectivity index (χ3v) is 4.12. The minimum Gasteiger partial charge on any atom is -0.365 e. The van der Waals surface area contributed by atoms with Crippen LogP contribution in [0.1, 0.15) is 5.56 Å². The normalized spacial score (nSPS) is 12.8. The molecule has 0 atom stereocenters. The van der Waals surface area contributed by atoms with Crippen LogP contribution in [0.25, 0.3) is 0 Å². The van der Waals surface area contributed by atoms with Gasteiger partial charge in [-0.1, -0.05) is 6.07 Å². The third-order valence-electron chi connectivity index (χ3n) is 4.12. The fraction of sp³-hybridized carbons (Fsp3) is 0.235. The molecule has 1 aliphatic heterocycles. The molecule has 1 heterocycles. The molecule has 0 saturated carbocycles. The van der Waals surface area contributed by atoms with Gasteiger partial charge in [0.15, 0.2) is 0 Å².